The Labute approximate surface area is 126 Å². The standard InChI is InChI=1S/C16H23Cl2N/c1-10(2)11-6-7-12(9-19)14(8-11)13-4-3-5-15(17)16(13)18/h3-5,10-12,14H,6-9,19H2,1-2H3. The van der Waals surface area contributed by atoms with Gasteiger partial charge in [-0.05, 0) is 61.1 Å². The van der Waals surface area contributed by atoms with Crippen LogP contribution in [0.15, 0.2) is 18.2 Å². The Morgan fingerprint density at radius 2 is 2.00 bits per heavy atom. The second-order valence-corrected chi connectivity index (χ2v) is 6.85. The summed E-state index contributed by atoms with van der Waals surface area (Å²) in [6, 6.07) is 5.97. The third-order valence-electron chi connectivity index (χ3n) is 4.66. The molecule has 0 spiro atoms. The van der Waals surface area contributed by atoms with Crippen LogP contribution in [0.3, 0.4) is 0 Å². The molecule has 2 rings (SSSR count). The molecule has 1 aliphatic rings. The van der Waals surface area contributed by atoms with Gasteiger partial charge in [0.2, 0.25) is 0 Å². The molecule has 1 saturated carbocycles. The van der Waals surface area contributed by atoms with Crippen molar-refractivity contribution in [3.63, 3.8) is 0 Å². The van der Waals surface area contributed by atoms with Crippen molar-refractivity contribution in [3.05, 3.63) is 33.8 Å². The quantitative estimate of drug-likeness (QED) is 0.825. The highest BCUT2D eigenvalue weighted by Gasteiger charge is 2.33. The van der Waals surface area contributed by atoms with E-state index in [1.807, 2.05) is 12.1 Å². The molecule has 3 atom stereocenters. The van der Waals surface area contributed by atoms with Gasteiger partial charge in [0.1, 0.15) is 0 Å². The van der Waals surface area contributed by atoms with Crippen molar-refractivity contribution in [1.82, 2.24) is 0 Å². The zero-order valence-electron chi connectivity index (χ0n) is 11.7. The van der Waals surface area contributed by atoms with Gasteiger partial charge in [-0.25, -0.2) is 0 Å². The average Bonchev–Trinajstić information content (AvgIpc) is 2.41. The molecule has 19 heavy (non-hydrogen) atoms. The van der Waals surface area contributed by atoms with Crippen LogP contribution >= 0.6 is 23.2 Å². The largest absolute Gasteiger partial charge is 0.330 e. The van der Waals surface area contributed by atoms with Crippen LogP contribution < -0.4 is 5.73 Å². The third kappa shape index (κ3) is 3.26. The van der Waals surface area contributed by atoms with E-state index in [4.69, 9.17) is 28.9 Å². The predicted molar refractivity (Wildman–Crippen MR) is 83.9 cm³/mol. The second kappa shape index (κ2) is 6.47. The number of hydrogen-bond donors (Lipinski definition) is 1. The molecule has 1 aliphatic carbocycles. The molecule has 1 aromatic rings. The summed E-state index contributed by atoms with van der Waals surface area (Å²) < 4.78 is 0. The van der Waals surface area contributed by atoms with Gasteiger partial charge >= 0.3 is 0 Å². The van der Waals surface area contributed by atoms with Crippen LogP contribution in [0.1, 0.15) is 44.6 Å². The maximum atomic E-state index is 6.40. The lowest BCUT2D eigenvalue weighted by atomic mass is 9.68. The number of rotatable bonds is 3. The van der Waals surface area contributed by atoms with Crippen LogP contribution in [0.2, 0.25) is 10.0 Å². The Hall–Kier alpha value is -0.240. The van der Waals surface area contributed by atoms with Crippen molar-refractivity contribution < 1.29 is 0 Å². The Balaban J connectivity index is 2.30. The Bertz CT molecular complexity index is 431. The van der Waals surface area contributed by atoms with Gasteiger partial charge in [0.15, 0.2) is 0 Å². The van der Waals surface area contributed by atoms with Gasteiger partial charge in [-0.3, -0.25) is 0 Å². The van der Waals surface area contributed by atoms with Crippen molar-refractivity contribution in [1.29, 1.82) is 0 Å². The first kappa shape index (κ1) is 15.2. The number of halogens is 2. The lowest BCUT2D eigenvalue weighted by Crippen LogP contribution is -2.30. The van der Waals surface area contributed by atoms with E-state index in [-0.39, 0.29) is 0 Å². The summed E-state index contributed by atoms with van der Waals surface area (Å²) in [5.41, 5.74) is 7.15. The van der Waals surface area contributed by atoms with Crippen molar-refractivity contribution in [2.45, 2.75) is 39.0 Å². The summed E-state index contributed by atoms with van der Waals surface area (Å²) in [7, 11) is 0. The van der Waals surface area contributed by atoms with E-state index >= 15 is 0 Å². The lowest BCUT2D eigenvalue weighted by molar-refractivity contribution is 0.197. The summed E-state index contributed by atoms with van der Waals surface area (Å²) >= 11 is 12.6. The first-order chi connectivity index (χ1) is 9.04. The van der Waals surface area contributed by atoms with E-state index in [9.17, 15) is 0 Å². The molecule has 0 radical (unpaired) electrons. The zero-order chi connectivity index (χ0) is 14.0. The summed E-state index contributed by atoms with van der Waals surface area (Å²) in [4.78, 5) is 0. The molecule has 2 N–H and O–H groups in total. The van der Waals surface area contributed by atoms with Gasteiger partial charge in [-0.15, -0.1) is 0 Å². The molecule has 1 fully saturated rings. The lowest BCUT2D eigenvalue weighted by Gasteiger charge is -2.38. The summed E-state index contributed by atoms with van der Waals surface area (Å²) in [5, 5.41) is 1.37. The normalized spacial score (nSPS) is 27.8. The number of hydrogen-bond acceptors (Lipinski definition) is 1. The highest BCUT2D eigenvalue weighted by molar-refractivity contribution is 6.42. The minimum absolute atomic E-state index is 0.456. The maximum absolute atomic E-state index is 6.40. The van der Waals surface area contributed by atoms with Gasteiger partial charge in [-0.1, -0.05) is 49.2 Å². The Morgan fingerprint density at radius 3 is 2.63 bits per heavy atom. The molecule has 106 valence electrons. The monoisotopic (exact) mass is 299 g/mol. The fourth-order valence-electron chi connectivity index (χ4n) is 3.34. The molecule has 0 aromatic heterocycles. The Morgan fingerprint density at radius 1 is 1.26 bits per heavy atom. The van der Waals surface area contributed by atoms with Gasteiger partial charge in [-0.2, -0.15) is 0 Å². The molecule has 3 unspecified atom stereocenters. The highest BCUT2D eigenvalue weighted by atomic mass is 35.5. The SMILES string of the molecule is CC(C)C1CCC(CN)C(c2cccc(Cl)c2Cl)C1. The van der Waals surface area contributed by atoms with Crippen LogP contribution in [0, 0.1) is 17.8 Å². The highest BCUT2D eigenvalue weighted by Crippen LogP contribution is 2.45. The van der Waals surface area contributed by atoms with Crippen molar-refractivity contribution in [3.8, 4) is 0 Å². The maximum Gasteiger partial charge on any atom is 0.0627 e. The molecular weight excluding hydrogens is 277 g/mol. The van der Waals surface area contributed by atoms with E-state index in [0.717, 1.165) is 23.4 Å². The van der Waals surface area contributed by atoms with Crippen LogP contribution in [-0.2, 0) is 0 Å². The van der Waals surface area contributed by atoms with Gasteiger partial charge in [0.05, 0.1) is 10.0 Å². The van der Waals surface area contributed by atoms with Gasteiger partial charge in [0, 0.05) is 0 Å². The van der Waals surface area contributed by atoms with E-state index in [1.165, 1.54) is 24.8 Å². The molecule has 0 aliphatic heterocycles. The van der Waals surface area contributed by atoms with E-state index in [0.29, 0.717) is 16.9 Å². The first-order valence-corrected chi connectivity index (χ1v) is 7.94. The molecule has 0 saturated heterocycles. The smallest absolute Gasteiger partial charge is 0.0627 e. The van der Waals surface area contributed by atoms with Crippen molar-refractivity contribution >= 4 is 23.2 Å². The zero-order valence-corrected chi connectivity index (χ0v) is 13.2. The summed E-state index contributed by atoms with van der Waals surface area (Å²) in [6.07, 6.45) is 3.67. The molecule has 1 nitrogen and oxygen atoms in total. The van der Waals surface area contributed by atoms with Gasteiger partial charge < -0.3 is 5.73 Å². The molecular formula is C16H23Cl2N. The molecule has 0 heterocycles. The van der Waals surface area contributed by atoms with Crippen LogP contribution in [-0.4, -0.2) is 6.54 Å². The Kier molecular flexibility index (Phi) is 5.16. The molecule has 1 aromatic carbocycles. The summed E-state index contributed by atoms with van der Waals surface area (Å²) in [5.74, 6) is 2.48. The summed E-state index contributed by atoms with van der Waals surface area (Å²) in [6.45, 7) is 5.35. The van der Waals surface area contributed by atoms with Gasteiger partial charge in [0.25, 0.3) is 0 Å². The van der Waals surface area contributed by atoms with E-state index < -0.39 is 0 Å². The first-order valence-electron chi connectivity index (χ1n) is 7.18. The van der Waals surface area contributed by atoms with Crippen molar-refractivity contribution in [2.24, 2.45) is 23.5 Å². The van der Waals surface area contributed by atoms with Crippen molar-refractivity contribution in [2.75, 3.05) is 6.54 Å². The van der Waals surface area contributed by atoms with Crippen LogP contribution in [0.25, 0.3) is 0 Å². The molecule has 0 bridgehead atoms. The number of benzene rings is 1. The topological polar surface area (TPSA) is 26.0 Å². The fraction of sp³-hybridized carbons (Fsp3) is 0.625. The fourth-order valence-corrected chi connectivity index (χ4v) is 3.79. The van der Waals surface area contributed by atoms with Crippen LogP contribution in [0.4, 0.5) is 0 Å². The minimum Gasteiger partial charge on any atom is -0.330 e. The average molecular weight is 300 g/mol. The van der Waals surface area contributed by atoms with E-state index in [2.05, 4.69) is 19.9 Å². The third-order valence-corrected chi connectivity index (χ3v) is 5.49. The second-order valence-electron chi connectivity index (χ2n) is 6.06. The van der Waals surface area contributed by atoms with Crippen LogP contribution in [0.5, 0.6) is 0 Å². The minimum atomic E-state index is 0.456. The molecule has 0 amide bonds. The molecule has 3 heteroatoms. The predicted octanol–water partition coefficient (Wildman–Crippen LogP) is 5.11. The number of nitrogens with two attached hydrogens (primary N) is 1. The van der Waals surface area contributed by atoms with E-state index in [1.54, 1.807) is 0 Å².